The maximum absolute atomic E-state index is 9.21. The summed E-state index contributed by atoms with van der Waals surface area (Å²) in [7, 11) is 0. The molecule has 0 amide bonds. The van der Waals surface area contributed by atoms with Crippen LogP contribution < -0.4 is 9.30 Å². The SMILES string of the molecule is [2H]c1c([2H])c([2H])c(-c2cccc(-c3c([2H])c([2H])c([2H])c([2H])c3[2H])c2-[n+]2[c-]n(-c3cccc(Oc4cc5c(cc4-n4c6ccccc6c6ccccc64)c4cc(-n6c7ccccc7c7ccccc76)ccc4n5-c4cc(C(C)(C)C)ccn4)c3)c3ccccc32)c([2H])c1[2H]. The Morgan fingerprint density at radius 1 is 0.446 bits per heavy atom. The summed E-state index contributed by atoms with van der Waals surface area (Å²) in [5.41, 5.74) is 10.6. The molecule has 5 heterocycles. The van der Waals surface area contributed by atoms with E-state index in [0.29, 0.717) is 28.2 Å². The number of nitrogens with zero attached hydrogens (tertiary/aromatic N) is 6. The molecule has 0 fully saturated rings. The highest BCUT2D eigenvalue weighted by atomic mass is 16.5. The molecule has 11 aromatic carbocycles. The highest BCUT2D eigenvalue weighted by Gasteiger charge is 2.25. The minimum Gasteiger partial charge on any atom is -0.456 e. The molecule has 0 N–H and O–H groups in total. The number of hydrogen-bond acceptors (Lipinski definition) is 2. The molecule has 0 bridgehead atoms. The van der Waals surface area contributed by atoms with Crippen molar-refractivity contribution in [3.8, 4) is 62.3 Å². The first-order valence-corrected chi connectivity index (χ1v) is 27.5. The predicted octanol–water partition coefficient (Wildman–Crippen LogP) is 18.8. The van der Waals surface area contributed by atoms with Gasteiger partial charge in [0.05, 0.1) is 74.9 Å². The fourth-order valence-electron chi connectivity index (χ4n) is 12.2. The standard InChI is InChI=1S/C76H54N6O/c1-76(2,3)52-42-43-77-74(44-52)82-68-41-40-54(80-64-34-14-10-28-58(64)59-29-11-15-35-65(59)80)46-62(68)63-47-72(81-66-36-16-12-30-60(66)61-31-13-17-37-67(61)81)73(48-71(63)82)83-55-27-20-26-53(45-55)78-49-79(70-39-19-18-38-69(70)78)75-56(50-22-6-4-7-23-50)32-21-33-57(75)51-24-8-5-9-25-51/h4-48H,1-3H3/i4D,5D,6D,7D,8D,9D,22D,23D,24D,25D. The maximum Gasteiger partial charge on any atom is 0.269 e. The van der Waals surface area contributed by atoms with Gasteiger partial charge in [0.15, 0.2) is 5.75 Å². The molecule has 5 aromatic heterocycles. The lowest BCUT2D eigenvalue weighted by atomic mass is 9.88. The van der Waals surface area contributed by atoms with Crippen LogP contribution in [0.3, 0.4) is 0 Å². The van der Waals surface area contributed by atoms with Crippen LogP contribution in [0.2, 0.25) is 0 Å². The molecular weight excluding hydrogens is 1010 g/mol. The molecule has 0 atom stereocenters. The van der Waals surface area contributed by atoms with E-state index in [1.807, 2.05) is 59.3 Å². The number of benzene rings is 11. The Morgan fingerprint density at radius 2 is 0.988 bits per heavy atom. The molecule has 0 unspecified atom stereocenters. The summed E-state index contributed by atoms with van der Waals surface area (Å²) in [5, 5.41) is 6.46. The Kier molecular flexibility index (Phi) is 8.85. The van der Waals surface area contributed by atoms with E-state index < -0.39 is 60.4 Å². The quantitative estimate of drug-likeness (QED) is 0.107. The predicted molar refractivity (Wildman–Crippen MR) is 341 cm³/mol. The van der Waals surface area contributed by atoms with Gasteiger partial charge in [0.25, 0.3) is 6.33 Å². The van der Waals surface area contributed by atoms with Gasteiger partial charge in [-0.2, -0.15) is 0 Å². The van der Waals surface area contributed by atoms with Crippen LogP contribution in [0.15, 0.2) is 273 Å². The van der Waals surface area contributed by atoms with Gasteiger partial charge in [0.1, 0.15) is 11.6 Å². The molecular formula is C76H54N6O. The number of pyridine rings is 1. The van der Waals surface area contributed by atoms with Gasteiger partial charge in [-0.25, -0.2) is 4.98 Å². The van der Waals surface area contributed by atoms with E-state index in [1.54, 1.807) is 22.8 Å². The number of fused-ring (bicyclic) bond motifs is 10. The topological polar surface area (TPSA) is 45.7 Å². The van der Waals surface area contributed by atoms with Gasteiger partial charge in [-0.15, -0.1) is 0 Å². The second-order valence-corrected chi connectivity index (χ2v) is 21.8. The van der Waals surface area contributed by atoms with E-state index in [0.717, 1.165) is 77.4 Å². The van der Waals surface area contributed by atoms with Crippen molar-refractivity contribution in [1.29, 1.82) is 0 Å². The average Bonchev–Trinajstić information content (AvgIpc) is 1.61. The molecule has 0 saturated carbocycles. The molecule has 0 spiro atoms. The minimum atomic E-state index is -0.576. The van der Waals surface area contributed by atoms with E-state index >= 15 is 0 Å². The van der Waals surface area contributed by atoms with Crippen molar-refractivity contribution < 1.29 is 23.0 Å². The van der Waals surface area contributed by atoms with Gasteiger partial charge in [-0.1, -0.05) is 203 Å². The van der Waals surface area contributed by atoms with E-state index in [2.05, 4.69) is 180 Å². The van der Waals surface area contributed by atoms with Gasteiger partial charge in [0, 0.05) is 50.3 Å². The number of hydrogen-bond donors (Lipinski definition) is 0. The largest absolute Gasteiger partial charge is 0.456 e. The highest BCUT2D eigenvalue weighted by molar-refractivity contribution is 6.14. The summed E-state index contributed by atoms with van der Waals surface area (Å²) in [5.74, 6) is 1.75. The second-order valence-electron chi connectivity index (χ2n) is 21.8. The summed E-state index contributed by atoms with van der Waals surface area (Å²) in [6.07, 6.45) is 5.42. The fraction of sp³-hybridized carbons (Fsp3) is 0.0526. The van der Waals surface area contributed by atoms with E-state index in [4.69, 9.17) is 17.9 Å². The van der Waals surface area contributed by atoms with E-state index in [-0.39, 0.29) is 33.4 Å². The molecule has 16 aromatic rings. The van der Waals surface area contributed by atoms with Crippen molar-refractivity contribution in [1.82, 2.24) is 23.3 Å². The first-order valence-electron chi connectivity index (χ1n) is 32.5. The van der Waals surface area contributed by atoms with Crippen LogP contribution in [0, 0.1) is 6.33 Å². The number of para-hydroxylation sites is 7. The molecule has 0 aliphatic carbocycles. The summed E-state index contributed by atoms with van der Waals surface area (Å²) in [6, 6.07) is 63.7. The Bertz CT molecular complexity index is 5620. The number of ether oxygens (including phenoxy) is 1. The van der Waals surface area contributed by atoms with E-state index in [9.17, 15) is 5.48 Å². The van der Waals surface area contributed by atoms with Crippen LogP contribution in [-0.4, -0.2) is 23.3 Å². The second kappa shape index (κ2) is 18.9. The van der Waals surface area contributed by atoms with Crippen LogP contribution in [0.1, 0.15) is 40.0 Å². The zero-order chi connectivity index (χ0) is 64.0. The van der Waals surface area contributed by atoms with Crippen molar-refractivity contribution in [2.45, 2.75) is 26.2 Å². The first kappa shape index (κ1) is 38.8. The molecule has 7 heteroatoms. The molecule has 83 heavy (non-hydrogen) atoms. The average molecular weight is 1080 g/mol. The summed E-state index contributed by atoms with van der Waals surface area (Å²) in [6.45, 7) is 6.61. The highest BCUT2D eigenvalue weighted by Crippen LogP contribution is 2.45. The van der Waals surface area contributed by atoms with Crippen molar-refractivity contribution in [2.75, 3.05) is 0 Å². The molecule has 16 rings (SSSR count). The van der Waals surface area contributed by atoms with Crippen LogP contribution in [0.25, 0.3) is 127 Å². The summed E-state index contributed by atoms with van der Waals surface area (Å²) >= 11 is 0. The van der Waals surface area contributed by atoms with E-state index in [1.165, 1.54) is 10.8 Å². The Hall–Kier alpha value is -10.8. The third-order valence-corrected chi connectivity index (χ3v) is 16.0. The van der Waals surface area contributed by atoms with Gasteiger partial charge < -0.3 is 13.9 Å². The Labute approximate surface area is 494 Å². The smallest absolute Gasteiger partial charge is 0.269 e. The monoisotopic (exact) mass is 1080 g/mol. The molecule has 0 radical (unpaired) electrons. The van der Waals surface area contributed by atoms with Crippen molar-refractivity contribution in [3.05, 3.63) is 285 Å². The zero-order valence-corrected chi connectivity index (χ0v) is 45.3. The van der Waals surface area contributed by atoms with Crippen LogP contribution in [0.4, 0.5) is 0 Å². The third kappa shape index (κ3) is 7.80. The van der Waals surface area contributed by atoms with Gasteiger partial charge in [-0.3, -0.25) is 13.7 Å². The maximum atomic E-state index is 9.21. The third-order valence-electron chi connectivity index (χ3n) is 16.0. The lowest BCUT2D eigenvalue weighted by Gasteiger charge is -2.20. The fourth-order valence-corrected chi connectivity index (χ4v) is 12.2. The van der Waals surface area contributed by atoms with Crippen molar-refractivity contribution in [3.63, 3.8) is 0 Å². The van der Waals surface area contributed by atoms with Crippen LogP contribution in [0.5, 0.6) is 11.5 Å². The minimum absolute atomic E-state index is 0.144. The van der Waals surface area contributed by atoms with Gasteiger partial charge in [0.2, 0.25) is 0 Å². The zero-order valence-electron chi connectivity index (χ0n) is 55.3. The Balaban J connectivity index is 0.938. The lowest BCUT2D eigenvalue weighted by molar-refractivity contribution is -0.571. The number of imidazole rings is 1. The molecule has 394 valence electrons. The first-order chi connectivity index (χ1) is 45.0. The van der Waals surface area contributed by atoms with Crippen molar-refractivity contribution in [2.24, 2.45) is 0 Å². The van der Waals surface area contributed by atoms with Crippen LogP contribution in [-0.2, 0) is 5.41 Å². The molecule has 0 saturated heterocycles. The Morgan fingerprint density at radius 3 is 1.60 bits per heavy atom. The number of rotatable bonds is 9. The number of aromatic nitrogens is 6. The normalized spacial score (nSPS) is 13.7. The summed E-state index contributed by atoms with van der Waals surface area (Å²) in [4.78, 5) is 5.11. The van der Waals surface area contributed by atoms with Gasteiger partial charge >= 0.3 is 0 Å². The molecule has 0 aliphatic rings. The van der Waals surface area contributed by atoms with Gasteiger partial charge in [-0.05, 0) is 112 Å². The lowest BCUT2D eigenvalue weighted by Crippen LogP contribution is -2.31. The van der Waals surface area contributed by atoms with Crippen LogP contribution >= 0.6 is 0 Å². The molecule has 7 nitrogen and oxygen atoms in total. The molecule has 0 aliphatic heterocycles. The summed E-state index contributed by atoms with van der Waals surface area (Å²) < 4.78 is 107. The van der Waals surface area contributed by atoms with Crippen molar-refractivity contribution >= 4 is 76.5 Å².